The molecule has 5 atom stereocenters. The maximum atomic E-state index is 11.0. The second kappa shape index (κ2) is 7.81. The van der Waals surface area contributed by atoms with Crippen LogP contribution in [-0.2, 0) is 18.7 Å². The van der Waals surface area contributed by atoms with Crippen LogP contribution in [0.4, 0.5) is 0 Å². The standard InChI is InChI=1S/C14H27N3O6Si/c1-8(18)21-7-9-11(19)12(20)10(16-17-15)13(22-9)23-24(5,6)14(2,3)4/h9-13,19-20H,7H2,1-6H3/t9?,10?,11?,12-,13-/m0/s1. The molecule has 0 saturated carbocycles. The van der Waals surface area contributed by atoms with Crippen molar-refractivity contribution in [2.24, 2.45) is 5.11 Å². The molecule has 1 rings (SSSR count). The Morgan fingerprint density at radius 3 is 2.38 bits per heavy atom. The lowest BCUT2D eigenvalue weighted by atomic mass is 9.98. The number of hydrogen-bond donors (Lipinski definition) is 2. The molecule has 0 aromatic carbocycles. The number of aliphatic hydroxyl groups is 2. The van der Waals surface area contributed by atoms with Crippen LogP contribution in [0.3, 0.4) is 0 Å². The molecule has 1 heterocycles. The number of carbonyl (C=O) groups excluding carboxylic acids is 1. The third-order valence-corrected chi connectivity index (χ3v) is 8.96. The van der Waals surface area contributed by atoms with Crippen LogP contribution in [-0.4, -0.2) is 61.8 Å². The van der Waals surface area contributed by atoms with Crippen LogP contribution in [0.15, 0.2) is 5.11 Å². The second-order valence-electron chi connectivity index (χ2n) is 7.40. The second-order valence-corrected chi connectivity index (χ2v) is 12.2. The Kier molecular flexibility index (Phi) is 6.80. The first-order valence-electron chi connectivity index (χ1n) is 7.77. The van der Waals surface area contributed by atoms with Crippen molar-refractivity contribution >= 4 is 14.3 Å². The molecule has 0 bridgehead atoms. The number of carbonyl (C=O) groups is 1. The zero-order chi connectivity index (χ0) is 18.7. The average Bonchev–Trinajstić information content (AvgIpc) is 2.43. The number of rotatable bonds is 5. The van der Waals surface area contributed by atoms with Gasteiger partial charge >= 0.3 is 5.97 Å². The van der Waals surface area contributed by atoms with E-state index in [1.807, 2.05) is 33.9 Å². The molecule has 2 N–H and O–H groups in total. The van der Waals surface area contributed by atoms with Crippen LogP contribution in [0.5, 0.6) is 0 Å². The molecular formula is C14H27N3O6Si. The number of hydrogen-bond acceptors (Lipinski definition) is 7. The summed E-state index contributed by atoms with van der Waals surface area (Å²) in [6.45, 7) is 11.1. The lowest BCUT2D eigenvalue weighted by Gasteiger charge is -2.46. The molecule has 0 aromatic heterocycles. The number of esters is 1. The van der Waals surface area contributed by atoms with Gasteiger partial charge in [-0.1, -0.05) is 25.9 Å². The van der Waals surface area contributed by atoms with Gasteiger partial charge in [-0.3, -0.25) is 4.79 Å². The fourth-order valence-corrected chi connectivity index (χ4v) is 3.13. The van der Waals surface area contributed by atoms with E-state index in [-0.39, 0.29) is 11.6 Å². The third kappa shape index (κ3) is 4.92. The highest BCUT2D eigenvalue weighted by Gasteiger charge is 2.49. The third-order valence-electron chi connectivity index (χ3n) is 4.52. The molecular weight excluding hydrogens is 334 g/mol. The predicted molar refractivity (Wildman–Crippen MR) is 88.5 cm³/mol. The van der Waals surface area contributed by atoms with E-state index in [9.17, 15) is 15.0 Å². The molecule has 10 heteroatoms. The summed E-state index contributed by atoms with van der Waals surface area (Å²) in [6, 6.07) is -1.09. The summed E-state index contributed by atoms with van der Waals surface area (Å²) in [5.41, 5.74) is 8.74. The summed E-state index contributed by atoms with van der Waals surface area (Å²) < 4.78 is 16.6. The molecule has 1 fully saturated rings. The summed E-state index contributed by atoms with van der Waals surface area (Å²) in [6.07, 6.45) is -4.74. The van der Waals surface area contributed by atoms with Gasteiger partial charge < -0.3 is 24.1 Å². The Morgan fingerprint density at radius 2 is 1.92 bits per heavy atom. The topological polar surface area (TPSA) is 134 Å². The molecule has 9 nitrogen and oxygen atoms in total. The summed E-state index contributed by atoms with van der Waals surface area (Å²) in [4.78, 5) is 13.7. The van der Waals surface area contributed by atoms with E-state index >= 15 is 0 Å². The smallest absolute Gasteiger partial charge is 0.302 e. The fourth-order valence-electron chi connectivity index (χ4n) is 2.00. The number of aliphatic hydroxyl groups excluding tert-OH is 2. The lowest BCUT2D eigenvalue weighted by molar-refractivity contribution is -0.245. The molecule has 24 heavy (non-hydrogen) atoms. The van der Waals surface area contributed by atoms with E-state index in [0.29, 0.717) is 0 Å². The monoisotopic (exact) mass is 361 g/mol. The van der Waals surface area contributed by atoms with Crippen molar-refractivity contribution in [2.75, 3.05) is 6.61 Å². The van der Waals surface area contributed by atoms with Crippen LogP contribution >= 0.6 is 0 Å². The van der Waals surface area contributed by atoms with Crippen LogP contribution in [0.1, 0.15) is 27.7 Å². The minimum Gasteiger partial charge on any atom is -0.463 e. The van der Waals surface area contributed by atoms with Crippen LogP contribution in [0.2, 0.25) is 18.1 Å². The molecule has 0 amide bonds. The quantitative estimate of drug-likeness (QED) is 0.252. The molecule has 1 saturated heterocycles. The normalized spacial score (nSPS) is 31.2. The maximum absolute atomic E-state index is 11.0. The summed E-state index contributed by atoms with van der Waals surface area (Å²) in [5, 5.41) is 23.8. The molecule has 3 unspecified atom stereocenters. The molecule has 138 valence electrons. The van der Waals surface area contributed by atoms with Crippen LogP contribution in [0.25, 0.3) is 10.4 Å². The fraction of sp³-hybridized carbons (Fsp3) is 0.929. The van der Waals surface area contributed by atoms with Crippen molar-refractivity contribution in [3.63, 3.8) is 0 Å². The van der Waals surface area contributed by atoms with E-state index in [1.54, 1.807) is 0 Å². The van der Waals surface area contributed by atoms with Gasteiger partial charge in [-0.05, 0) is 23.7 Å². The first kappa shape index (κ1) is 20.9. The van der Waals surface area contributed by atoms with E-state index in [2.05, 4.69) is 10.0 Å². The summed E-state index contributed by atoms with van der Waals surface area (Å²) >= 11 is 0. The number of ether oxygens (including phenoxy) is 2. The van der Waals surface area contributed by atoms with Crippen molar-refractivity contribution in [2.45, 2.75) is 76.5 Å². The summed E-state index contributed by atoms with van der Waals surface area (Å²) in [7, 11) is -2.30. The summed E-state index contributed by atoms with van der Waals surface area (Å²) in [5.74, 6) is -0.528. The molecule has 1 aliphatic rings. The first-order valence-corrected chi connectivity index (χ1v) is 10.7. The van der Waals surface area contributed by atoms with Crippen molar-refractivity contribution in [3.8, 4) is 0 Å². The first-order chi connectivity index (χ1) is 10.9. The minimum atomic E-state index is -2.30. The Hall–Kier alpha value is -1.16. The minimum absolute atomic E-state index is 0.135. The predicted octanol–water partition coefficient (Wildman–Crippen LogP) is 1.70. The van der Waals surface area contributed by atoms with Crippen molar-refractivity contribution in [1.29, 1.82) is 0 Å². The Morgan fingerprint density at radius 1 is 1.33 bits per heavy atom. The molecule has 0 radical (unpaired) electrons. The van der Waals surface area contributed by atoms with Gasteiger partial charge in [0.2, 0.25) is 0 Å². The Labute approximate surface area is 142 Å². The van der Waals surface area contributed by atoms with Crippen molar-refractivity contribution in [3.05, 3.63) is 10.4 Å². The largest absolute Gasteiger partial charge is 0.463 e. The van der Waals surface area contributed by atoms with Gasteiger partial charge in [0, 0.05) is 11.8 Å². The van der Waals surface area contributed by atoms with Crippen LogP contribution < -0.4 is 0 Å². The molecule has 0 aromatic rings. The van der Waals surface area contributed by atoms with Crippen LogP contribution in [0, 0.1) is 0 Å². The average molecular weight is 361 g/mol. The Bertz CT molecular complexity index is 503. The number of azide groups is 1. The van der Waals surface area contributed by atoms with Gasteiger partial charge in [0.25, 0.3) is 0 Å². The highest BCUT2D eigenvalue weighted by molar-refractivity contribution is 6.74. The van der Waals surface area contributed by atoms with Gasteiger partial charge in [-0.2, -0.15) is 0 Å². The maximum Gasteiger partial charge on any atom is 0.302 e. The van der Waals surface area contributed by atoms with Gasteiger partial charge in [0.1, 0.15) is 24.9 Å². The van der Waals surface area contributed by atoms with E-state index < -0.39 is 44.9 Å². The van der Waals surface area contributed by atoms with Crippen molar-refractivity contribution < 1.29 is 28.9 Å². The highest BCUT2D eigenvalue weighted by atomic mass is 28.4. The van der Waals surface area contributed by atoms with Gasteiger partial charge in [-0.25, -0.2) is 0 Å². The van der Waals surface area contributed by atoms with E-state index in [0.717, 1.165) is 0 Å². The highest BCUT2D eigenvalue weighted by Crippen LogP contribution is 2.39. The zero-order valence-corrected chi connectivity index (χ0v) is 16.0. The van der Waals surface area contributed by atoms with Gasteiger partial charge in [0.15, 0.2) is 14.6 Å². The molecule has 1 aliphatic heterocycles. The SMILES string of the molecule is CC(=O)OCC1O[C@@H](O[Si](C)(C)C(C)(C)C)C(N=[N+]=[N-])[C@H](O)C1O. The molecule has 0 aliphatic carbocycles. The zero-order valence-electron chi connectivity index (χ0n) is 15.0. The molecule has 0 spiro atoms. The number of nitrogens with zero attached hydrogens (tertiary/aromatic N) is 3. The Balaban J connectivity index is 3.02. The van der Waals surface area contributed by atoms with Gasteiger partial charge in [0.05, 0.1) is 6.10 Å². The lowest BCUT2D eigenvalue weighted by Crippen LogP contribution is -2.61. The van der Waals surface area contributed by atoms with Crippen molar-refractivity contribution in [1.82, 2.24) is 0 Å². The van der Waals surface area contributed by atoms with Gasteiger partial charge in [-0.15, -0.1) is 0 Å². The van der Waals surface area contributed by atoms with E-state index in [4.69, 9.17) is 19.4 Å². The van der Waals surface area contributed by atoms with E-state index in [1.165, 1.54) is 6.92 Å².